The summed E-state index contributed by atoms with van der Waals surface area (Å²) in [6, 6.07) is 0. The molecule has 2 heteroatoms. The van der Waals surface area contributed by atoms with Crippen LogP contribution in [-0.2, 0) is 0 Å². The van der Waals surface area contributed by atoms with Gasteiger partial charge < -0.3 is 12.7 Å². The Labute approximate surface area is 60.3 Å². The molecule has 24 valence electrons. The van der Waals surface area contributed by atoms with Crippen LogP contribution in [0.15, 0.2) is 0 Å². The summed E-state index contributed by atoms with van der Waals surface area (Å²) in [7, 11) is 0. The third kappa shape index (κ3) is 10.2. The predicted molar refractivity (Wildman–Crippen MR) is 14.5 cm³/mol. The first-order valence-corrected chi connectivity index (χ1v) is 0.854. The number of hydrogen-bond acceptors (Lipinski definition) is 0. The minimum Gasteiger partial charge on any atom is -0.704 e. The van der Waals surface area contributed by atoms with Crippen molar-refractivity contribution in [3.05, 3.63) is 12.7 Å². The second-order valence-electron chi connectivity index (χ2n) is 0.250. The van der Waals surface area contributed by atoms with Crippen LogP contribution < -0.4 is 0 Å². The van der Waals surface area contributed by atoms with Crippen LogP contribution in [-0.4, -0.2) is 6.54 Å². The van der Waals surface area contributed by atoms with E-state index in [1.165, 1.54) is 0 Å². The molecular formula is C2H5CeN-2. The zero-order chi connectivity index (χ0) is 2.71. The average Bonchev–Trinajstić information content (AvgIpc) is 0.918. The normalized spacial score (nSPS) is 4.50. The van der Waals surface area contributed by atoms with Crippen molar-refractivity contribution in [3.63, 3.8) is 0 Å². The molecule has 0 radical (unpaired) electrons. The molecule has 4 heavy (non-hydrogen) atoms. The van der Waals surface area contributed by atoms with E-state index in [4.69, 9.17) is 5.73 Å². The first-order chi connectivity index (χ1) is 1.41. The number of hydrogen-bond donors (Lipinski definition) is 0. The Bertz CT molecular complexity index is 6.00. The first kappa shape index (κ1) is 9.01. The zero-order valence-electron chi connectivity index (χ0n) is 2.41. The summed E-state index contributed by atoms with van der Waals surface area (Å²) >= 11 is 0. The van der Waals surface area contributed by atoms with E-state index in [9.17, 15) is 0 Å². The molecular weight excluding hydrogens is 178 g/mol. The van der Waals surface area contributed by atoms with Gasteiger partial charge in [-0.3, -0.25) is 6.54 Å². The van der Waals surface area contributed by atoms with Gasteiger partial charge >= 0.3 is 0 Å². The van der Waals surface area contributed by atoms with Gasteiger partial charge in [-0.1, -0.05) is 0 Å². The van der Waals surface area contributed by atoms with E-state index in [1.54, 1.807) is 0 Å². The molecule has 0 heterocycles. The topological polar surface area (TPSA) is 23.8 Å². The monoisotopic (exact) mass is 183 g/mol. The quantitative estimate of drug-likeness (QED) is 0.498. The van der Waals surface area contributed by atoms with Crippen LogP contribution in [0.1, 0.15) is 0 Å². The molecule has 0 aromatic rings. The molecule has 0 unspecified atom stereocenters. The van der Waals surface area contributed by atoms with Crippen molar-refractivity contribution in [2.24, 2.45) is 0 Å². The van der Waals surface area contributed by atoms with Gasteiger partial charge in [-0.25, -0.2) is 0 Å². The van der Waals surface area contributed by atoms with Gasteiger partial charge in [-0.2, -0.15) is 0 Å². The Balaban J connectivity index is 0. The Morgan fingerprint density at radius 3 is 1.75 bits per heavy atom. The van der Waals surface area contributed by atoms with Gasteiger partial charge in [-0.05, 0) is 0 Å². The summed E-state index contributed by atoms with van der Waals surface area (Å²) in [6.45, 7) is 3.40. The van der Waals surface area contributed by atoms with E-state index in [1.807, 2.05) is 0 Å². The van der Waals surface area contributed by atoms with Crippen LogP contribution in [0, 0.1) is 48.7 Å². The molecule has 1 nitrogen and oxygen atoms in total. The second kappa shape index (κ2) is 8.84. The van der Waals surface area contributed by atoms with Gasteiger partial charge in [0.1, 0.15) is 0 Å². The maximum absolute atomic E-state index is 6.10. The molecule has 0 aliphatic carbocycles. The fourth-order valence-electron chi connectivity index (χ4n) is 0. The summed E-state index contributed by atoms with van der Waals surface area (Å²) in [6.07, 6.45) is 0. The van der Waals surface area contributed by atoms with Crippen LogP contribution in [0.2, 0.25) is 0 Å². The fourth-order valence-corrected chi connectivity index (χ4v) is 0. The van der Waals surface area contributed by atoms with Crippen LogP contribution >= 0.6 is 0 Å². The smallest absolute Gasteiger partial charge is 0 e. The van der Waals surface area contributed by atoms with Crippen molar-refractivity contribution >= 4 is 0 Å². The summed E-state index contributed by atoms with van der Waals surface area (Å²) in [5.74, 6) is 0. The summed E-state index contributed by atoms with van der Waals surface area (Å²) in [4.78, 5) is 0. The first-order valence-electron chi connectivity index (χ1n) is 0.854. The van der Waals surface area contributed by atoms with E-state index >= 15 is 0 Å². The van der Waals surface area contributed by atoms with E-state index in [2.05, 4.69) is 6.92 Å². The third-order valence-corrected chi connectivity index (χ3v) is 0. The van der Waals surface area contributed by atoms with Gasteiger partial charge in [0.15, 0.2) is 0 Å². The van der Waals surface area contributed by atoms with Crippen LogP contribution in [0.5, 0.6) is 0 Å². The molecule has 0 rings (SSSR count). The molecule has 1 N–H and O–H groups in total. The summed E-state index contributed by atoms with van der Waals surface area (Å²) in [5.41, 5.74) is 6.10. The molecule has 0 bridgehead atoms. The third-order valence-electron chi connectivity index (χ3n) is 0. The minimum absolute atomic E-state index is 0. The molecule has 0 amide bonds. The maximum Gasteiger partial charge on any atom is 0 e. The number of nitrogens with one attached hydrogen (secondary N) is 1. The second-order valence-corrected chi connectivity index (χ2v) is 0.250. The van der Waals surface area contributed by atoms with Crippen molar-refractivity contribution in [1.29, 1.82) is 0 Å². The Hall–Kier alpha value is 1.34. The van der Waals surface area contributed by atoms with Crippen molar-refractivity contribution in [2.45, 2.75) is 0 Å². The maximum atomic E-state index is 6.10. The number of rotatable bonds is 0. The van der Waals surface area contributed by atoms with Gasteiger partial charge in [-0.15, -0.1) is 0 Å². The Morgan fingerprint density at radius 2 is 1.75 bits per heavy atom. The van der Waals surface area contributed by atoms with Gasteiger partial charge in [0.2, 0.25) is 0 Å². The molecule has 0 aromatic carbocycles. The molecule has 0 saturated heterocycles. The zero-order valence-corrected chi connectivity index (χ0v) is 5.55. The van der Waals surface area contributed by atoms with Crippen LogP contribution in [0.4, 0.5) is 0 Å². The van der Waals surface area contributed by atoms with E-state index in [0.29, 0.717) is 0 Å². The Kier molecular flexibility index (Phi) is 19.9. The molecule has 0 fully saturated rings. The van der Waals surface area contributed by atoms with E-state index in [0.717, 1.165) is 0 Å². The molecule has 0 aliphatic rings. The van der Waals surface area contributed by atoms with Crippen molar-refractivity contribution < 1.29 is 41.7 Å². The van der Waals surface area contributed by atoms with Crippen molar-refractivity contribution in [2.75, 3.05) is 6.54 Å². The van der Waals surface area contributed by atoms with Crippen molar-refractivity contribution in [1.82, 2.24) is 0 Å². The standard InChI is InChI=1S/C2H5N.Ce/c1-2-3;/h3H,1-2H2;/q-2;. The molecule has 0 aliphatic heterocycles. The van der Waals surface area contributed by atoms with Gasteiger partial charge in [0.25, 0.3) is 0 Å². The molecule has 0 atom stereocenters. The minimum atomic E-state index is 0. The van der Waals surface area contributed by atoms with Crippen LogP contribution in [0.3, 0.4) is 0 Å². The SMILES string of the molecule is [CH2-]C[NH-].[Ce]. The van der Waals surface area contributed by atoms with E-state index in [-0.39, 0.29) is 48.3 Å². The predicted octanol–water partition coefficient (Wildman–Crippen LogP) is 0.873. The van der Waals surface area contributed by atoms with Gasteiger partial charge in [0, 0.05) is 41.7 Å². The largest absolute Gasteiger partial charge is 0.704 e. The molecule has 0 aromatic heterocycles. The summed E-state index contributed by atoms with van der Waals surface area (Å²) < 4.78 is 0. The summed E-state index contributed by atoms with van der Waals surface area (Å²) in [5, 5.41) is 0. The van der Waals surface area contributed by atoms with Gasteiger partial charge in [0.05, 0.1) is 0 Å². The molecule has 0 spiro atoms. The van der Waals surface area contributed by atoms with Crippen LogP contribution in [0.25, 0.3) is 5.73 Å². The van der Waals surface area contributed by atoms with Crippen molar-refractivity contribution in [3.8, 4) is 0 Å². The fraction of sp³-hybridized carbons (Fsp3) is 0.500. The average molecular weight is 183 g/mol. The Morgan fingerprint density at radius 1 is 1.75 bits per heavy atom. The van der Waals surface area contributed by atoms with E-state index < -0.39 is 0 Å². The molecule has 0 saturated carbocycles.